The molecule has 35 heavy (non-hydrogen) atoms. The molecular weight excluding hydrogens is 470 g/mol. The summed E-state index contributed by atoms with van der Waals surface area (Å²) in [6.07, 6.45) is -0.00000487. The molecule has 180 valence electrons. The van der Waals surface area contributed by atoms with Crippen LogP contribution in [0.4, 0.5) is 17.6 Å². The summed E-state index contributed by atoms with van der Waals surface area (Å²) in [7, 11) is 0. The van der Waals surface area contributed by atoms with E-state index in [4.69, 9.17) is 0 Å². The van der Waals surface area contributed by atoms with Crippen molar-refractivity contribution in [3.05, 3.63) is 65.1 Å². The van der Waals surface area contributed by atoms with Gasteiger partial charge in [-0.25, -0.2) is 4.68 Å². The van der Waals surface area contributed by atoms with Crippen molar-refractivity contribution in [2.45, 2.75) is 32.3 Å². The van der Waals surface area contributed by atoms with Gasteiger partial charge in [0.05, 0.1) is 11.9 Å². The van der Waals surface area contributed by atoms with Gasteiger partial charge in [0, 0.05) is 17.5 Å². The first-order chi connectivity index (χ1) is 16.8. The van der Waals surface area contributed by atoms with Crippen molar-refractivity contribution in [2.75, 3.05) is 0 Å². The minimum atomic E-state index is -3.78. The molecule has 11 heteroatoms. The first-order valence-electron chi connectivity index (χ1n) is 10.8. The Hall–Kier alpha value is -4.02. The largest absolute Gasteiger partial charge is 0.586 e. The Balaban J connectivity index is 1.52. The molecule has 3 heterocycles. The van der Waals surface area contributed by atoms with Crippen molar-refractivity contribution in [2.24, 2.45) is 5.92 Å². The minimum Gasteiger partial charge on any atom is -0.435 e. The zero-order valence-electron chi connectivity index (χ0n) is 18.0. The molecule has 4 aromatic rings. The molecule has 0 amide bonds. The summed E-state index contributed by atoms with van der Waals surface area (Å²) < 4.78 is 68.7. The molecule has 0 N–H and O–H groups in total. The van der Waals surface area contributed by atoms with E-state index in [-0.39, 0.29) is 22.8 Å². The van der Waals surface area contributed by atoms with E-state index in [1.165, 1.54) is 47.0 Å². The lowest BCUT2D eigenvalue weighted by molar-refractivity contribution is -0.286. The third kappa shape index (κ3) is 3.96. The molecule has 1 fully saturated rings. The van der Waals surface area contributed by atoms with Crippen molar-refractivity contribution in [3.8, 4) is 34.1 Å². The molecule has 7 nitrogen and oxygen atoms in total. The van der Waals surface area contributed by atoms with Crippen LogP contribution in [0.15, 0.2) is 59.5 Å². The fraction of sp³-hybridized carbons (Fsp3) is 0.250. The number of ether oxygens (including phenoxy) is 3. The molecular formula is C24H17F4N3O4. The highest BCUT2D eigenvalue weighted by Gasteiger charge is 2.43. The number of aromatic nitrogens is 3. The topological polar surface area (TPSA) is 67.5 Å². The monoisotopic (exact) mass is 487 g/mol. The van der Waals surface area contributed by atoms with Crippen LogP contribution in [0.1, 0.15) is 12.8 Å². The van der Waals surface area contributed by atoms with Crippen molar-refractivity contribution in [1.29, 1.82) is 0 Å². The van der Waals surface area contributed by atoms with Gasteiger partial charge in [-0.05, 0) is 66.8 Å². The van der Waals surface area contributed by atoms with Gasteiger partial charge in [0.1, 0.15) is 11.4 Å². The second kappa shape index (κ2) is 7.76. The summed E-state index contributed by atoms with van der Waals surface area (Å²) in [5.41, 5.74) is 1.08. The maximum atomic E-state index is 13.8. The fourth-order valence-corrected chi connectivity index (χ4v) is 4.19. The highest BCUT2D eigenvalue weighted by molar-refractivity contribution is 5.83. The third-order valence-corrected chi connectivity index (χ3v) is 5.94. The van der Waals surface area contributed by atoms with Crippen molar-refractivity contribution >= 4 is 11.0 Å². The number of halogens is 4. The molecule has 2 aromatic heterocycles. The smallest absolute Gasteiger partial charge is 0.435 e. The van der Waals surface area contributed by atoms with Crippen LogP contribution >= 0.6 is 0 Å². The Morgan fingerprint density at radius 3 is 2.51 bits per heavy atom. The van der Waals surface area contributed by atoms with Crippen molar-refractivity contribution < 1.29 is 31.8 Å². The van der Waals surface area contributed by atoms with Gasteiger partial charge in [-0.3, -0.25) is 9.36 Å². The van der Waals surface area contributed by atoms with Crippen molar-refractivity contribution in [3.63, 3.8) is 0 Å². The zero-order valence-corrected chi connectivity index (χ0v) is 18.0. The van der Waals surface area contributed by atoms with E-state index in [9.17, 15) is 22.4 Å². The number of hydrogen-bond acceptors (Lipinski definition) is 5. The Labute approximate surface area is 195 Å². The van der Waals surface area contributed by atoms with Crippen LogP contribution in [-0.4, -0.2) is 27.3 Å². The molecule has 0 radical (unpaired) electrons. The van der Waals surface area contributed by atoms with E-state index >= 15 is 0 Å². The number of nitrogens with zero attached hydrogens (tertiary/aromatic N) is 3. The van der Waals surface area contributed by atoms with Gasteiger partial charge in [-0.2, -0.15) is 13.9 Å². The predicted molar refractivity (Wildman–Crippen MR) is 116 cm³/mol. The lowest BCUT2D eigenvalue weighted by Crippen LogP contribution is -2.25. The lowest BCUT2D eigenvalue weighted by Gasteiger charge is -2.14. The van der Waals surface area contributed by atoms with E-state index in [1.807, 2.05) is 0 Å². The Morgan fingerprint density at radius 1 is 1.06 bits per heavy atom. The molecule has 1 aliphatic carbocycles. The number of pyridine rings is 1. The summed E-state index contributed by atoms with van der Waals surface area (Å²) in [5, 5.41) is 5.11. The normalized spacial score (nSPS) is 16.3. The van der Waals surface area contributed by atoms with Gasteiger partial charge < -0.3 is 14.2 Å². The van der Waals surface area contributed by atoms with E-state index in [0.717, 1.165) is 12.8 Å². The van der Waals surface area contributed by atoms with Gasteiger partial charge in [0.25, 0.3) is 5.56 Å². The lowest BCUT2D eigenvalue weighted by atomic mass is 10.1. The first-order valence-corrected chi connectivity index (χ1v) is 10.8. The highest BCUT2D eigenvalue weighted by atomic mass is 19.3. The van der Waals surface area contributed by atoms with Crippen LogP contribution < -0.4 is 19.8 Å². The molecule has 0 atom stereocenters. The van der Waals surface area contributed by atoms with Crippen LogP contribution in [0.3, 0.4) is 0 Å². The summed E-state index contributed by atoms with van der Waals surface area (Å²) in [6.45, 7) is -2.34. The van der Waals surface area contributed by atoms with E-state index in [2.05, 4.69) is 19.3 Å². The van der Waals surface area contributed by atoms with Gasteiger partial charge >= 0.3 is 12.9 Å². The number of fused-ring (bicyclic) bond motifs is 2. The van der Waals surface area contributed by atoms with Crippen LogP contribution in [-0.2, 0) is 6.54 Å². The van der Waals surface area contributed by atoms with E-state index in [1.54, 1.807) is 16.9 Å². The third-order valence-electron chi connectivity index (χ3n) is 5.94. The first kappa shape index (κ1) is 21.5. The number of alkyl halides is 4. The minimum absolute atomic E-state index is 0.0487. The van der Waals surface area contributed by atoms with Crippen LogP contribution in [0.5, 0.6) is 17.2 Å². The molecule has 6 rings (SSSR count). The molecule has 2 aromatic carbocycles. The highest BCUT2D eigenvalue weighted by Crippen LogP contribution is 2.43. The average molecular weight is 487 g/mol. The summed E-state index contributed by atoms with van der Waals surface area (Å²) >= 11 is 0. The fourth-order valence-electron chi connectivity index (χ4n) is 4.19. The Bertz CT molecular complexity index is 1490. The second-order valence-electron chi connectivity index (χ2n) is 8.45. The van der Waals surface area contributed by atoms with Gasteiger partial charge in [0.2, 0.25) is 0 Å². The molecule has 1 aliphatic heterocycles. The molecule has 1 saturated carbocycles. The molecule has 0 bridgehead atoms. The molecule has 0 unspecified atom stereocenters. The van der Waals surface area contributed by atoms with Crippen LogP contribution in [0.2, 0.25) is 0 Å². The predicted octanol–water partition coefficient (Wildman–Crippen LogP) is 5.19. The van der Waals surface area contributed by atoms with Crippen LogP contribution in [0.25, 0.3) is 27.8 Å². The van der Waals surface area contributed by atoms with Gasteiger partial charge in [-0.1, -0.05) is 6.07 Å². The van der Waals surface area contributed by atoms with Crippen molar-refractivity contribution in [1.82, 2.24) is 14.3 Å². The summed E-state index contributed by atoms with van der Waals surface area (Å²) in [6, 6.07) is 11.4. The second-order valence-corrected chi connectivity index (χ2v) is 8.45. The number of benzene rings is 2. The zero-order chi connectivity index (χ0) is 24.3. The maximum Gasteiger partial charge on any atom is 0.586 e. The van der Waals surface area contributed by atoms with Gasteiger partial charge in [0.15, 0.2) is 11.5 Å². The van der Waals surface area contributed by atoms with Crippen LogP contribution in [0, 0.1) is 5.92 Å². The average Bonchev–Trinajstić information content (AvgIpc) is 3.45. The van der Waals surface area contributed by atoms with E-state index < -0.39 is 18.5 Å². The van der Waals surface area contributed by atoms with Gasteiger partial charge in [-0.15, -0.1) is 8.78 Å². The standard InChI is InChI=1S/C24H17F4N3O4/c25-23(26)33-17-6-4-16(5-7-17)31-21-15(11-29-30(21)12-13-1-2-13)9-18(22(31)32)14-3-8-19-20(10-14)35-24(27,28)34-19/h3-11,13,23H,1-2,12H2. The molecule has 0 saturated heterocycles. The maximum absolute atomic E-state index is 13.8. The number of hydrogen-bond donors (Lipinski definition) is 0. The van der Waals surface area contributed by atoms with E-state index in [0.29, 0.717) is 34.7 Å². The SMILES string of the molecule is O=c1c(-c2ccc3c(c2)OC(F)(F)O3)cc2cnn(CC3CC3)c2n1-c1ccc(OC(F)F)cc1. The Morgan fingerprint density at radius 2 is 1.80 bits per heavy atom. The quantitative estimate of drug-likeness (QED) is 0.351. The number of rotatable bonds is 6. The summed E-state index contributed by atoms with van der Waals surface area (Å²) in [5.74, 6) is 0.106. The Kier molecular flexibility index (Phi) is 4.77. The summed E-state index contributed by atoms with van der Waals surface area (Å²) in [4.78, 5) is 13.8. The molecule has 0 spiro atoms. The molecule has 2 aliphatic rings.